The molecule has 0 saturated heterocycles. The van der Waals surface area contributed by atoms with Gasteiger partial charge in [0.2, 0.25) is 5.91 Å². The summed E-state index contributed by atoms with van der Waals surface area (Å²) in [5.41, 5.74) is 2.73. The second kappa shape index (κ2) is 3.73. The predicted octanol–water partition coefficient (Wildman–Crippen LogP) is 3.47. The molecule has 0 saturated carbocycles. The van der Waals surface area contributed by atoms with Crippen molar-refractivity contribution in [2.75, 3.05) is 5.32 Å². The van der Waals surface area contributed by atoms with Gasteiger partial charge < -0.3 is 9.73 Å². The molecule has 18 heavy (non-hydrogen) atoms. The summed E-state index contributed by atoms with van der Waals surface area (Å²) < 4.78 is 5.47. The standard InChI is InChI=1S/C15H15NO2/c1-15(2)9-11-10(13-7-4-8-18-13)5-3-6-12(11)16-14(15)17/h3-8H,9H2,1-2H3,(H,16,17). The molecule has 92 valence electrons. The maximum absolute atomic E-state index is 11.9. The van der Waals surface area contributed by atoms with Crippen LogP contribution in [0, 0.1) is 5.41 Å². The Morgan fingerprint density at radius 1 is 1.22 bits per heavy atom. The van der Waals surface area contributed by atoms with Gasteiger partial charge in [-0.1, -0.05) is 26.0 Å². The molecular formula is C15H15NO2. The van der Waals surface area contributed by atoms with Crippen LogP contribution in [0.4, 0.5) is 5.69 Å². The molecule has 0 unspecified atom stereocenters. The molecule has 1 aliphatic heterocycles. The van der Waals surface area contributed by atoms with Crippen molar-refractivity contribution in [3.63, 3.8) is 0 Å². The number of nitrogens with one attached hydrogen (secondary N) is 1. The SMILES string of the molecule is CC1(C)Cc2c(cccc2-c2ccco2)NC1=O. The lowest BCUT2D eigenvalue weighted by Gasteiger charge is -2.31. The highest BCUT2D eigenvalue weighted by atomic mass is 16.3. The maximum Gasteiger partial charge on any atom is 0.230 e. The van der Waals surface area contributed by atoms with E-state index >= 15 is 0 Å². The number of carbonyl (C=O) groups is 1. The van der Waals surface area contributed by atoms with Crippen LogP contribution in [0.25, 0.3) is 11.3 Å². The Morgan fingerprint density at radius 2 is 2.06 bits per heavy atom. The molecule has 1 aliphatic rings. The van der Waals surface area contributed by atoms with Gasteiger partial charge in [0.1, 0.15) is 5.76 Å². The normalized spacial score (nSPS) is 17.1. The second-order valence-corrected chi connectivity index (χ2v) is 5.32. The first kappa shape index (κ1) is 11.1. The Kier molecular flexibility index (Phi) is 2.30. The second-order valence-electron chi connectivity index (χ2n) is 5.32. The summed E-state index contributed by atoms with van der Waals surface area (Å²) in [6.07, 6.45) is 2.40. The highest BCUT2D eigenvalue weighted by Gasteiger charge is 2.34. The fraction of sp³-hybridized carbons (Fsp3) is 0.267. The van der Waals surface area contributed by atoms with Gasteiger partial charge in [-0.25, -0.2) is 0 Å². The molecular weight excluding hydrogens is 226 g/mol. The molecule has 1 aromatic heterocycles. The van der Waals surface area contributed by atoms with Crippen molar-refractivity contribution in [2.45, 2.75) is 20.3 Å². The summed E-state index contributed by atoms with van der Waals surface area (Å²) in [6.45, 7) is 3.92. The monoisotopic (exact) mass is 241 g/mol. The molecule has 3 nitrogen and oxygen atoms in total. The largest absolute Gasteiger partial charge is 0.464 e. The number of hydrogen-bond donors (Lipinski definition) is 1. The van der Waals surface area contributed by atoms with Crippen LogP contribution in [0.2, 0.25) is 0 Å². The van der Waals surface area contributed by atoms with Crippen LogP contribution < -0.4 is 5.32 Å². The zero-order valence-electron chi connectivity index (χ0n) is 10.5. The molecule has 1 aromatic carbocycles. The molecule has 0 bridgehead atoms. The molecule has 1 N–H and O–H groups in total. The maximum atomic E-state index is 11.9. The highest BCUT2D eigenvalue weighted by Crippen LogP contribution is 2.38. The van der Waals surface area contributed by atoms with Gasteiger partial charge in [0, 0.05) is 16.7 Å². The first-order valence-corrected chi connectivity index (χ1v) is 6.05. The van der Waals surface area contributed by atoms with Crippen molar-refractivity contribution in [1.29, 1.82) is 0 Å². The average Bonchev–Trinajstić information content (AvgIpc) is 2.83. The van der Waals surface area contributed by atoms with Crippen LogP contribution in [0.15, 0.2) is 41.0 Å². The lowest BCUT2D eigenvalue weighted by molar-refractivity contribution is -0.124. The minimum absolute atomic E-state index is 0.0756. The molecule has 0 radical (unpaired) electrons. The van der Waals surface area contributed by atoms with E-state index in [1.54, 1.807) is 6.26 Å². The average molecular weight is 241 g/mol. The smallest absolute Gasteiger partial charge is 0.230 e. The van der Waals surface area contributed by atoms with Crippen molar-refractivity contribution < 1.29 is 9.21 Å². The Balaban J connectivity index is 2.16. The van der Waals surface area contributed by atoms with Crippen LogP contribution in [0.5, 0.6) is 0 Å². The van der Waals surface area contributed by atoms with E-state index in [9.17, 15) is 4.79 Å². The van der Waals surface area contributed by atoms with Crippen LogP contribution in [-0.4, -0.2) is 5.91 Å². The number of carbonyl (C=O) groups excluding carboxylic acids is 1. The third-order valence-electron chi connectivity index (χ3n) is 3.44. The predicted molar refractivity (Wildman–Crippen MR) is 70.3 cm³/mol. The highest BCUT2D eigenvalue weighted by molar-refractivity contribution is 5.99. The fourth-order valence-corrected chi connectivity index (χ4v) is 2.37. The van der Waals surface area contributed by atoms with Crippen molar-refractivity contribution in [3.05, 3.63) is 42.2 Å². The lowest BCUT2D eigenvalue weighted by Crippen LogP contribution is -2.37. The summed E-state index contributed by atoms with van der Waals surface area (Å²) >= 11 is 0. The third-order valence-corrected chi connectivity index (χ3v) is 3.44. The van der Waals surface area contributed by atoms with E-state index in [1.807, 2.05) is 44.2 Å². The molecule has 0 aliphatic carbocycles. The van der Waals surface area contributed by atoms with Gasteiger partial charge in [-0.05, 0) is 30.2 Å². The number of anilines is 1. The molecule has 3 heteroatoms. The first-order chi connectivity index (χ1) is 8.58. The molecule has 0 fully saturated rings. The van der Waals surface area contributed by atoms with E-state index in [0.717, 1.165) is 29.0 Å². The van der Waals surface area contributed by atoms with Gasteiger partial charge in [-0.3, -0.25) is 4.79 Å². The van der Waals surface area contributed by atoms with Crippen molar-refractivity contribution in [1.82, 2.24) is 0 Å². The number of benzene rings is 1. The van der Waals surface area contributed by atoms with E-state index in [1.165, 1.54) is 0 Å². The Bertz CT molecular complexity index is 597. The minimum atomic E-state index is -0.379. The van der Waals surface area contributed by atoms with E-state index in [2.05, 4.69) is 5.32 Å². The van der Waals surface area contributed by atoms with E-state index in [4.69, 9.17) is 4.42 Å². The molecule has 1 amide bonds. The summed E-state index contributed by atoms with van der Waals surface area (Å²) in [5.74, 6) is 0.922. The lowest BCUT2D eigenvalue weighted by atomic mass is 9.79. The Hall–Kier alpha value is -2.03. The number of hydrogen-bond acceptors (Lipinski definition) is 2. The van der Waals surface area contributed by atoms with Crippen LogP contribution in [0.3, 0.4) is 0 Å². The zero-order valence-corrected chi connectivity index (χ0v) is 10.5. The molecule has 2 aromatic rings. The number of fused-ring (bicyclic) bond motifs is 1. The van der Waals surface area contributed by atoms with Crippen molar-refractivity contribution >= 4 is 11.6 Å². The molecule has 2 heterocycles. The molecule has 0 spiro atoms. The van der Waals surface area contributed by atoms with Crippen LogP contribution in [-0.2, 0) is 11.2 Å². The van der Waals surface area contributed by atoms with Crippen molar-refractivity contribution in [2.24, 2.45) is 5.41 Å². The quantitative estimate of drug-likeness (QED) is 0.830. The van der Waals surface area contributed by atoms with Crippen LogP contribution in [0.1, 0.15) is 19.4 Å². The number of amides is 1. The van der Waals surface area contributed by atoms with Crippen LogP contribution >= 0.6 is 0 Å². The summed E-state index contributed by atoms with van der Waals surface area (Å²) in [6, 6.07) is 9.73. The first-order valence-electron chi connectivity index (χ1n) is 6.05. The topological polar surface area (TPSA) is 42.2 Å². The van der Waals surface area contributed by atoms with Crippen molar-refractivity contribution in [3.8, 4) is 11.3 Å². The zero-order chi connectivity index (χ0) is 12.8. The van der Waals surface area contributed by atoms with Gasteiger partial charge >= 0.3 is 0 Å². The van der Waals surface area contributed by atoms with E-state index in [0.29, 0.717) is 0 Å². The van der Waals surface area contributed by atoms with E-state index < -0.39 is 0 Å². The number of rotatable bonds is 1. The molecule has 0 atom stereocenters. The van der Waals surface area contributed by atoms with Gasteiger partial charge in [0.05, 0.1) is 6.26 Å². The van der Waals surface area contributed by atoms with Gasteiger partial charge in [0.15, 0.2) is 0 Å². The Labute approximate surface area is 106 Å². The number of furan rings is 1. The Morgan fingerprint density at radius 3 is 2.78 bits per heavy atom. The van der Waals surface area contributed by atoms with Gasteiger partial charge in [-0.2, -0.15) is 0 Å². The molecule has 3 rings (SSSR count). The third kappa shape index (κ3) is 1.63. The summed E-state index contributed by atoms with van der Waals surface area (Å²) in [7, 11) is 0. The van der Waals surface area contributed by atoms with Gasteiger partial charge in [0.25, 0.3) is 0 Å². The summed E-state index contributed by atoms with van der Waals surface area (Å²) in [4.78, 5) is 11.9. The minimum Gasteiger partial charge on any atom is -0.464 e. The summed E-state index contributed by atoms with van der Waals surface area (Å²) in [5, 5.41) is 2.97. The van der Waals surface area contributed by atoms with Gasteiger partial charge in [-0.15, -0.1) is 0 Å². The van der Waals surface area contributed by atoms with E-state index in [-0.39, 0.29) is 11.3 Å². The fourth-order valence-electron chi connectivity index (χ4n) is 2.37.